The van der Waals surface area contributed by atoms with E-state index in [9.17, 15) is 4.79 Å². The number of carbonyl (C=O) groups is 1. The average Bonchev–Trinajstić information content (AvgIpc) is 2.30. The predicted octanol–water partition coefficient (Wildman–Crippen LogP) is 4.02. The molecule has 0 fully saturated rings. The Morgan fingerprint density at radius 1 is 1.33 bits per heavy atom. The highest BCUT2D eigenvalue weighted by Crippen LogP contribution is 2.23. The molecule has 0 aliphatic carbocycles. The summed E-state index contributed by atoms with van der Waals surface area (Å²) in [5.41, 5.74) is 2.32. The van der Waals surface area contributed by atoms with E-state index in [0.29, 0.717) is 0 Å². The molecule has 0 aromatic heterocycles. The minimum Gasteiger partial charge on any atom is -0.465 e. The number of hydrogen-bond donors (Lipinski definition) is 2. The van der Waals surface area contributed by atoms with Gasteiger partial charge < -0.3 is 10.4 Å². The topological polar surface area (TPSA) is 49.3 Å². The first-order valence-electron chi connectivity index (χ1n) is 5.60. The van der Waals surface area contributed by atoms with Crippen molar-refractivity contribution in [3.63, 3.8) is 0 Å². The molecule has 98 valence electrons. The van der Waals surface area contributed by atoms with E-state index < -0.39 is 11.6 Å². The number of allylic oxidation sites excluding steroid dienone is 1. The first-order valence-corrected chi connectivity index (χ1v) is 5.60. The van der Waals surface area contributed by atoms with Gasteiger partial charge in [-0.25, -0.2) is 4.79 Å². The van der Waals surface area contributed by atoms with Crippen LogP contribution in [0.25, 0.3) is 5.57 Å². The molecule has 3 nitrogen and oxygen atoms in total. The van der Waals surface area contributed by atoms with E-state index in [-0.39, 0.29) is 0 Å². The molecule has 0 atom stereocenters. The van der Waals surface area contributed by atoms with E-state index in [1.807, 2.05) is 45.0 Å². The predicted molar refractivity (Wildman–Crippen MR) is 76.6 cm³/mol. The third kappa shape index (κ3) is 4.45. The van der Waals surface area contributed by atoms with Gasteiger partial charge in [-0.3, -0.25) is 0 Å². The highest BCUT2D eigenvalue weighted by molar-refractivity contribution is 5.67. The number of carboxylic acid groups (broad SMARTS) is 1. The van der Waals surface area contributed by atoms with Crippen molar-refractivity contribution in [1.29, 1.82) is 0 Å². The van der Waals surface area contributed by atoms with Gasteiger partial charge in [0.05, 0.1) is 5.54 Å². The Morgan fingerprint density at radius 2 is 1.89 bits per heavy atom. The van der Waals surface area contributed by atoms with E-state index >= 15 is 0 Å². The molecule has 0 saturated heterocycles. The third-order valence-electron chi connectivity index (χ3n) is 2.50. The third-order valence-corrected chi connectivity index (χ3v) is 2.50. The molecule has 1 aromatic carbocycles. The van der Waals surface area contributed by atoms with E-state index in [0.717, 1.165) is 16.7 Å². The van der Waals surface area contributed by atoms with Gasteiger partial charge in [0.25, 0.3) is 0 Å². The number of nitrogens with one attached hydrogen (secondary N) is 1. The van der Waals surface area contributed by atoms with Crippen LogP contribution in [0.4, 0.5) is 4.79 Å². The van der Waals surface area contributed by atoms with E-state index in [1.165, 1.54) is 0 Å². The van der Waals surface area contributed by atoms with Crippen LogP contribution in [0.1, 0.15) is 31.9 Å². The Morgan fingerprint density at radius 3 is 2.33 bits per heavy atom. The van der Waals surface area contributed by atoms with Crippen LogP contribution < -0.4 is 5.32 Å². The molecule has 0 radical (unpaired) electrons. The number of rotatable bonds is 3. The highest BCUT2D eigenvalue weighted by Gasteiger charge is 2.22. The summed E-state index contributed by atoms with van der Waals surface area (Å²) in [6.07, 6.45) is -1.02. The smallest absolute Gasteiger partial charge is 0.405 e. The number of hydrogen-bond acceptors (Lipinski definition) is 1. The lowest BCUT2D eigenvalue weighted by atomic mass is 9.92. The van der Waals surface area contributed by atoms with E-state index in [4.69, 9.17) is 5.11 Å². The van der Waals surface area contributed by atoms with Gasteiger partial charge in [0, 0.05) is 0 Å². The summed E-state index contributed by atoms with van der Waals surface area (Å²) >= 11 is 0. The molecule has 18 heavy (non-hydrogen) atoms. The SMILES string of the molecule is C=C.C=C(C)c1cccc(C(C)(C)NC(=O)O)c1. The second kappa shape index (κ2) is 6.64. The lowest BCUT2D eigenvalue weighted by molar-refractivity contribution is 0.182. The number of amides is 1. The fraction of sp³-hybridized carbons (Fsp3) is 0.267. The van der Waals surface area contributed by atoms with Gasteiger partial charge >= 0.3 is 6.09 Å². The van der Waals surface area contributed by atoms with Crippen molar-refractivity contribution >= 4 is 11.7 Å². The summed E-state index contributed by atoms with van der Waals surface area (Å²) < 4.78 is 0. The standard InChI is InChI=1S/C13H17NO2.C2H4/c1-9(2)10-6-5-7-11(8-10)13(3,4)14-12(15)16;1-2/h5-8,14H,1H2,2-4H3,(H,15,16);1-2H2. The molecule has 1 amide bonds. The Labute approximate surface area is 109 Å². The normalized spacial score (nSPS) is 9.94. The Balaban J connectivity index is 0.00000137. The van der Waals surface area contributed by atoms with Crippen molar-refractivity contribution < 1.29 is 9.90 Å². The van der Waals surface area contributed by atoms with Crippen molar-refractivity contribution in [3.8, 4) is 0 Å². The molecule has 0 aliphatic heterocycles. The van der Waals surface area contributed by atoms with E-state index in [2.05, 4.69) is 25.1 Å². The molecule has 1 rings (SSSR count). The maximum atomic E-state index is 10.7. The van der Waals surface area contributed by atoms with Gasteiger partial charge in [-0.15, -0.1) is 13.2 Å². The molecule has 0 bridgehead atoms. The van der Waals surface area contributed by atoms with Gasteiger partial charge in [-0.05, 0) is 38.0 Å². The zero-order valence-corrected chi connectivity index (χ0v) is 11.3. The Bertz CT molecular complexity index is 436. The average molecular weight is 247 g/mol. The Hall–Kier alpha value is -2.03. The second-order valence-corrected chi connectivity index (χ2v) is 4.42. The quantitative estimate of drug-likeness (QED) is 0.792. The summed E-state index contributed by atoms with van der Waals surface area (Å²) in [5, 5.41) is 11.2. The van der Waals surface area contributed by atoms with Crippen LogP contribution in [0.15, 0.2) is 44.0 Å². The lowest BCUT2D eigenvalue weighted by Crippen LogP contribution is -2.40. The zero-order valence-electron chi connectivity index (χ0n) is 11.3. The zero-order chi connectivity index (χ0) is 14.3. The summed E-state index contributed by atoms with van der Waals surface area (Å²) in [7, 11) is 0. The van der Waals surface area contributed by atoms with Crippen molar-refractivity contribution in [2.75, 3.05) is 0 Å². The summed E-state index contributed by atoms with van der Waals surface area (Å²) in [6, 6.07) is 7.73. The molecule has 3 heteroatoms. The van der Waals surface area contributed by atoms with Gasteiger partial charge in [0.1, 0.15) is 0 Å². The van der Waals surface area contributed by atoms with Crippen molar-refractivity contribution in [1.82, 2.24) is 5.32 Å². The van der Waals surface area contributed by atoms with E-state index in [1.54, 1.807) is 0 Å². The molecule has 0 unspecified atom stereocenters. The maximum absolute atomic E-state index is 10.7. The second-order valence-electron chi connectivity index (χ2n) is 4.42. The first-order chi connectivity index (χ1) is 8.33. The molecule has 0 heterocycles. The largest absolute Gasteiger partial charge is 0.465 e. The van der Waals surface area contributed by atoms with Crippen molar-refractivity contribution in [2.24, 2.45) is 0 Å². The molecule has 0 aliphatic rings. The van der Waals surface area contributed by atoms with Gasteiger partial charge in [-0.2, -0.15) is 0 Å². The minimum absolute atomic E-state index is 0.600. The molecule has 0 spiro atoms. The summed E-state index contributed by atoms with van der Waals surface area (Å²) in [6.45, 7) is 15.5. The van der Waals surface area contributed by atoms with Crippen molar-refractivity contribution in [2.45, 2.75) is 26.3 Å². The summed E-state index contributed by atoms with van der Waals surface area (Å²) in [5.74, 6) is 0. The minimum atomic E-state index is -1.02. The van der Waals surface area contributed by atoms with Gasteiger partial charge in [0.2, 0.25) is 0 Å². The van der Waals surface area contributed by atoms with Crippen LogP contribution in [-0.2, 0) is 5.54 Å². The number of benzene rings is 1. The van der Waals surface area contributed by atoms with Crippen LogP contribution in [0.3, 0.4) is 0 Å². The molecular weight excluding hydrogens is 226 g/mol. The van der Waals surface area contributed by atoms with Gasteiger partial charge in [0.15, 0.2) is 0 Å². The molecule has 0 saturated carbocycles. The van der Waals surface area contributed by atoms with Crippen LogP contribution >= 0.6 is 0 Å². The Kier molecular flexibility index (Phi) is 5.89. The first kappa shape index (κ1) is 16.0. The van der Waals surface area contributed by atoms with Crippen LogP contribution in [-0.4, -0.2) is 11.2 Å². The van der Waals surface area contributed by atoms with Crippen LogP contribution in [0.5, 0.6) is 0 Å². The fourth-order valence-corrected chi connectivity index (χ4v) is 1.51. The van der Waals surface area contributed by atoms with Gasteiger partial charge in [-0.1, -0.05) is 30.4 Å². The van der Waals surface area contributed by atoms with Crippen LogP contribution in [0.2, 0.25) is 0 Å². The molecule has 1 aromatic rings. The van der Waals surface area contributed by atoms with Crippen LogP contribution in [0, 0.1) is 0 Å². The monoisotopic (exact) mass is 247 g/mol. The fourth-order valence-electron chi connectivity index (χ4n) is 1.51. The maximum Gasteiger partial charge on any atom is 0.405 e. The summed E-state index contributed by atoms with van der Waals surface area (Å²) in [4.78, 5) is 10.7. The van der Waals surface area contributed by atoms with Crippen molar-refractivity contribution in [3.05, 3.63) is 55.1 Å². The lowest BCUT2D eigenvalue weighted by Gasteiger charge is -2.25. The molecule has 2 N–H and O–H groups in total. The highest BCUT2D eigenvalue weighted by atomic mass is 16.4. The molecular formula is C15H21NO2.